The molecule has 3 heterocycles. The summed E-state index contributed by atoms with van der Waals surface area (Å²) in [5, 5.41) is 15.0. The molecule has 8 heteroatoms. The summed E-state index contributed by atoms with van der Waals surface area (Å²) < 4.78 is 1.73. The smallest absolute Gasteiger partial charge is 0.257 e. The molecule has 8 nitrogen and oxygen atoms in total. The van der Waals surface area contributed by atoms with Crippen LogP contribution < -0.4 is 0 Å². The van der Waals surface area contributed by atoms with E-state index in [0.717, 1.165) is 19.6 Å². The minimum atomic E-state index is -0.880. The molecular formula is C17H27N5O3. The van der Waals surface area contributed by atoms with Gasteiger partial charge < -0.3 is 14.9 Å². The molecule has 0 aliphatic carbocycles. The van der Waals surface area contributed by atoms with Gasteiger partial charge in [-0.2, -0.15) is 5.10 Å². The van der Waals surface area contributed by atoms with Crippen LogP contribution in [0.5, 0.6) is 0 Å². The molecule has 1 atom stereocenters. The van der Waals surface area contributed by atoms with Crippen molar-refractivity contribution < 1.29 is 14.7 Å². The van der Waals surface area contributed by atoms with E-state index in [1.54, 1.807) is 28.9 Å². The molecule has 1 aromatic rings. The third-order valence-corrected chi connectivity index (χ3v) is 5.16. The highest BCUT2D eigenvalue weighted by Crippen LogP contribution is 2.24. The van der Waals surface area contributed by atoms with Gasteiger partial charge >= 0.3 is 0 Å². The molecule has 2 aliphatic heterocycles. The Labute approximate surface area is 148 Å². The van der Waals surface area contributed by atoms with Crippen LogP contribution in [0.2, 0.25) is 0 Å². The number of aromatic nitrogens is 2. The maximum atomic E-state index is 12.6. The van der Waals surface area contributed by atoms with E-state index < -0.39 is 5.60 Å². The molecule has 138 valence electrons. The topological polar surface area (TPSA) is 81.9 Å². The van der Waals surface area contributed by atoms with Gasteiger partial charge in [0.1, 0.15) is 0 Å². The number of hydrogen-bond donors (Lipinski definition) is 1. The maximum absolute atomic E-state index is 12.6. The minimum absolute atomic E-state index is 0.0722. The summed E-state index contributed by atoms with van der Waals surface area (Å²) in [6.07, 6.45) is 3.92. The number of β-amino-alcohol motifs (C(OH)–C–C–N with tert-alkyl or cyclic N) is 1. The summed E-state index contributed by atoms with van der Waals surface area (Å²) in [5.41, 5.74) is -0.310. The lowest BCUT2D eigenvalue weighted by Gasteiger charge is -2.37. The Morgan fingerprint density at radius 3 is 2.52 bits per heavy atom. The first-order valence-corrected chi connectivity index (χ1v) is 8.92. The number of aryl methyl sites for hydroxylation is 1. The molecule has 0 radical (unpaired) electrons. The SMILES string of the molecule is CCn1cc(C(=O)N2CC[C@@](O)(CN3CCN(C(C)=O)CC3)C2)cn1. The van der Waals surface area contributed by atoms with Crippen LogP contribution in [0.15, 0.2) is 12.4 Å². The second-order valence-corrected chi connectivity index (χ2v) is 7.07. The fraction of sp³-hybridized carbons (Fsp3) is 0.706. The van der Waals surface area contributed by atoms with Gasteiger partial charge in [0.2, 0.25) is 5.91 Å². The van der Waals surface area contributed by atoms with E-state index >= 15 is 0 Å². The Hall–Kier alpha value is -1.93. The normalized spacial score (nSPS) is 24.8. The van der Waals surface area contributed by atoms with Crippen LogP contribution in [-0.2, 0) is 11.3 Å². The van der Waals surface area contributed by atoms with Crippen LogP contribution in [0.1, 0.15) is 30.6 Å². The van der Waals surface area contributed by atoms with E-state index in [2.05, 4.69) is 10.00 Å². The predicted molar refractivity (Wildman–Crippen MR) is 92.1 cm³/mol. The first kappa shape index (κ1) is 17.9. The number of carbonyl (C=O) groups excluding carboxylic acids is 2. The first-order chi connectivity index (χ1) is 11.9. The Bertz CT molecular complexity index is 638. The van der Waals surface area contributed by atoms with E-state index in [1.807, 2.05) is 11.8 Å². The van der Waals surface area contributed by atoms with Crippen LogP contribution in [-0.4, -0.2) is 92.8 Å². The highest BCUT2D eigenvalue weighted by atomic mass is 16.3. The minimum Gasteiger partial charge on any atom is -0.387 e. The Morgan fingerprint density at radius 1 is 1.20 bits per heavy atom. The summed E-state index contributed by atoms with van der Waals surface area (Å²) in [5.74, 6) is 0.0284. The third-order valence-electron chi connectivity index (χ3n) is 5.16. The molecule has 2 aliphatic rings. The molecule has 0 spiro atoms. The molecule has 0 aromatic carbocycles. The van der Waals surface area contributed by atoms with Gasteiger partial charge in [0, 0.05) is 58.9 Å². The van der Waals surface area contributed by atoms with Crippen molar-refractivity contribution in [3.05, 3.63) is 18.0 Å². The monoisotopic (exact) mass is 349 g/mol. The van der Waals surface area contributed by atoms with Crippen molar-refractivity contribution in [2.24, 2.45) is 0 Å². The summed E-state index contributed by atoms with van der Waals surface area (Å²) in [4.78, 5) is 29.7. The van der Waals surface area contributed by atoms with Gasteiger partial charge in [0.25, 0.3) is 5.91 Å². The Morgan fingerprint density at radius 2 is 1.92 bits per heavy atom. The molecule has 0 bridgehead atoms. The molecule has 2 amide bonds. The molecule has 2 saturated heterocycles. The van der Waals surface area contributed by atoms with Gasteiger partial charge in [-0.15, -0.1) is 0 Å². The van der Waals surface area contributed by atoms with Crippen molar-refractivity contribution in [1.82, 2.24) is 24.5 Å². The highest BCUT2D eigenvalue weighted by molar-refractivity contribution is 5.94. The van der Waals surface area contributed by atoms with Crippen LogP contribution in [0, 0.1) is 0 Å². The average molecular weight is 349 g/mol. The van der Waals surface area contributed by atoms with Crippen molar-refractivity contribution in [1.29, 1.82) is 0 Å². The zero-order chi connectivity index (χ0) is 18.0. The van der Waals surface area contributed by atoms with E-state index in [4.69, 9.17) is 0 Å². The molecule has 0 saturated carbocycles. The van der Waals surface area contributed by atoms with E-state index in [0.29, 0.717) is 44.7 Å². The van der Waals surface area contributed by atoms with Gasteiger partial charge in [0.05, 0.1) is 23.9 Å². The van der Waals surface area contributed by atoms with Gasteiger partial charge in [-0.05, 0) is 13.3 Å². The molecule has 25 heavy (non-hydrogen) atoms. The van der Waals surface area contributed by atoms with E-state index in [1.165, 1.54) is 0 Å². The molecule has 1 aromatic heterocycles. The van der Waals surface area contributed by atoms with Crippen LogP contribution in [0.4, 0.5) is 0 Å². The van der Waals surface area contributed by atoms with E-state index in [-0.39, 0.29) is 11.8 Å². The second-order valence-electron chi connectivity index (χ2n) is 7.07. The second kappa shape index (κ2) is 7.13. The van der Waals surface area contributed by atoms with Gasteiger partial charge in [0.15, 0.2) is 0 Å². The average Bonchev–Trinajstić information content (AvgIpc) is 3.21. The van der Waals surface area contributed by atoms with E-state index in [9.17, 15) is 14.7 Å². The highest BCUT2D eigenvalue weighted by Gasteiger charge is 2.40. The van der Waals surface area contributed by atoms with Gasteiger partial charge in [-0.1, -0.05) is 0 Å². The van der Waals surface area contributed by atoms with Crippen molar-refractivity contribution in [2.45, 2.75) is 32.4 Å². The number of amides is 2. The maximum Gasteiger partial charge on any atom is 0.257 e. The Balaban J connectivity index is 1.54. The number of aliphatic hydroxyl groups is 1. The lowest BCUT2D eigenvalue weighted by Crippen LogP contribution is -2.53. The number of likely N-dealkylation sites (tertiary alicyclic amines) is 1. The zero-order valence-corrected chi connectivity index (χ0v) is 15.0. The van der Waals surface area contributed by atoms with Gasteiger partial charge in [-0.25, -0.2) is 0 Å². The zero-order valence-electron chi connectivity index (χ0n) is 15.0. The quantitative estimate of drug-likeness (QED) is 0.803. The third kappa shape index (κ3) is 4.01. The van der Waals surface area contributed by atoms with Crippen LogP contribution >= 0.6 is 0 Å². The molecular weight excluding hydrogens is 322 g/mol. The summed E-state index contributed by atoms with van der Waals surface area (Å²) in [7, 11) is 0. The number of hydrogen-bond acceptors (Lipinski definition) is 5. The lowest BCUT2D eigenvalue weighted by molar-refractivity contribution is -0.130. The van der Waals surface area contributed by atoms with Crippen molar-refractivity contribution >= 4 is 11.8 Å². The number of nitrogens with zero attached hydrogens (tertiary/aromatic N) is 5. The van der Waals surface area contributed by atoms with Crippen molar-refractivity contribution in [2.75, 3.05) is 45.8 Å². The van der Waals surface area contributed by atoms with Crippen LogP contribution in [0.25, 0.3) is 0 Å². The number of rotatable bonds is 4. The molecule has 3 rings (SSSR count). The summed E-state index contributed by atoms with van der Waals surface area (Å²) in [6.45, 7) is 8.65. The number of piperazine rings is 1. The number of carbonyl (C=O) groups is 2. The lowest BCUT2D eigenvalue weighted by atomic mass is 10.0. The molecule has 2 fully saturated rings. The Kier molecular flexibility index (Phi) is 5.10. The fourth-order valence-corrected chi connectivity index (χ4v) is 3.63. The predicted octanol–water partition coefficient (Wildman–Crippen LogP) is -0.356. The molecule has 1 N–H and O–H groups in total. The fourth-order valence-electron chi connectivity index (χ4n) is 3.63. The summed E-state index contributed by atoms with van der Waals surface area (Å²) in [6, 6.07) is 0. The summed E-state index contributed by atoms with van der Waals surface area (Å²) >= 11 is 0. The standard InChI is InChI=1S/C17H27N5O3/c1-3-22-11-15(10-18-22)16(24)21-5-4-17(25,13-21)12-19-6-8-20(9-7-19)14(2)23/h10-11,25H,3-9,12-13H2,1-2H3/t17-/m1/s1. The first-order valence-electron chi connectivity index (χ1n) is 8.92. The van der Waals surface area contributed by atoms with Crippen molar-refractivity contribution in [3.8, 4) is 0 Å². The van der Waals surface area contributed by atoms with Crippen LogP contribution in [0.3, 0.4) is 0 Å². The van der Waals surface area contributed by atoms with Crippen molar-refractivity contribution in [3.63, 3.8) is 0 Å². The van der Waals surface area contributed by atoms with Gasteiger partial charge in [-0.3, -0.25) is 19.2 Å². The molecule has 0 unspecified atom stereocenters. The largest absolute Gasteiger partial charge is 0.387 e.